The van der Waals surface area contributed by atoms with Crippen LogP contribution in [0, 0.1) is 41.4 Å². The molecule has 0 spiro atoms. The van der Waals surface area contributed by atoms with Gasteiger partial charge in [0.05, 0.1) is 24.1 Å². The largest absolute Gasteiger partial charge is 0.197 e. The summed E-state index contributed by atoms with van der Waals surface area (Å²) in [4.78, 5) is 0. The Morgan fingerprint density at radius 3 is 2.71 bits per heavy atom. The fraction of sp³-hybridized carbons (Fsp3) is 0.167. The summed E-state index contributed by atoms with van der Waals surface area (Å²) < 4.78 is 0. The first kappa shape index (κ1) is 9.85. The Morgan fingerprint density at radius 1 is 1.29 bits per heavy atom. The third-order valence-corrected chi connectivity index (χ3v) is 1.76. The molecule has 0 atom stereocenters. The minimum Gasteiger partial charge on any atom is -0.197 e. The minimum absolute atomic E-state index is 0.218. The van der Waals surface area contributed by atoms with Gasteiger partial charge in [-0.1, -0.05) is 17.9 Å². The molecule has 0 heterocycles. The summed E-state index contributed by atoms with van der Waals surface area (Å²) in [7, 11) is 0. The number of hydrogen-bond acceptors (Lipinski definition) is 2. The lowest BCUT2D eigenvalue weighted by atomic mass is 10.1. The van der Waals surface area contributed by atoms with Crippen LogP contribution in [-0.4, -0.2) is 0 Å². The molecule has 0 saturated heterocycles. The Bertz CT molecular complexity index is 476. The highest BCUT2D eigenvalue weighted by molar-refractivity contribution is 5.46. The molecule has 0 amide bonds. The van der Waals surface area contributed by atoms with Crippen LogP contribution >= 0.6 is 0 Å². The maximum atomic E-state index is 8.67. The molecule has 0 aliphatic rings. The van der Waals surface area contributed by atoms with E-state index in [0.29, 0.717) is 5.56 Å². The van der Waals surface area contributed by atoms with Gasteiger partial charge in [-0.15, -0.1) is 0 Å². The van der Waals surface area contributed by atoms with E-state index in [2.05, 4.69) is 17.9 Å². The van der Waals surface area contributed by atoms with Crippen LogP contribution in [0.3, 0.4) is 0 Å². The smallest absolute Gasteiger partial charge is 0.0992 e. The van der Waals surface area contributed by atoms with Crippen molar-refractivity contribution >= 4 is 0 Å². The summed E-state index contributed by atoms with van der Waals surface area (Å²) in [5.41, 5.74) is 2.44. The van der Waals surface area contributed by atoms with Gasteiger partial charge >= 0.3 is 0 Å². The molecule has 2 nitrogen and oxygen atoms in total. The van der Waals surface area contributed by atoms with Gasteiger partial charge in [0.25, 0.3) is 0 Å². The molecule has 0 N–H and O–H groups in total. The minimum atomic E-state index is 0.218. The first-order chi connectivity index (χ1) is 6.77. The Hall–Kier alpha value is -2.24. The van der Waals surface area contributed by atoms with Crippen LogP contribution in [0.15, 0.2) is 18.2 Å². The van der Waals surface area contributed by atoms with E-state index >= 15 is 0 Å². The molecule has 1 aromatic rings. The molecule has 0 fully saturated rings. The van der Waals surface area contributed by atoms with E-state index in [1.807, 2.05) is 19.1 Å². The predicted octanol–water partition coefficient (Wildman–Crippen LogP) is 2.13. The number of benzene rings is 1. The summed E-state index contributed by atoms with van der Waals surface area (Å²) in [6.45, 7) is 1.93. The van der Waals surface area contributed by atoms with Gasteiger partial charge in [-0.2, -0.15) is 10.5 Å². The van der Waals surface area contributed by atoms with Crippen LogP contribution < -0.4 is 0 Å². The second-order valence-electron chi connectivity index (χ2n) is 2.78. The zero-order chi connectivity index (χ0) is 10.4. The molecule has 66 valence electrons. The molecule has 0 bridgehead atoms. The van der Waals surface area contributed by atoms with E-state index in [-0.39, 0.29) is 6.42 Å². The van der Waals surface area contributed by atoms with E-state index < -0.39 is 0 Å². The number of nitrogens with zero attached hydrogens (tertiary/aromatic N) is 2. The standard InChI is InChI=1S/C12H8N2/c1-10-5-6-11(9-14)8-12(10)4-2-3-7-13/h5-6,8H,3H2,1H3. The Morgan fingerprint density at radius 2 is 2.07 bits per heavy atom. The summed E-state index contributed by atoms with van der Waals surface area (Å²) >= 11 is 0. The lowest BCUT2D eigenvalue weighted by Crippen LogP contribution is -1.83. The third-order valence-electron chi connectivity index (χ3n) is 1.76. The van der Waals surface area contributed by atoms with Gasteiger partial charge < -0.3 is 0 Å². The maximum Gasteiger partial charge on any atom is 0.0992 e. The molecule has 1 rings (SSSR count). The van der Waals surface area contributed by atoms with E-state index in [1.165, 1.54) is 0 Å². The monoisotopic (exact) mass is 180 g/mol. The van der Waals surface area contributed by atoms with E-state index in [0.717, 1.165) is 11.1 Å². The average Bonchev–Trinajstić information content (AvgIpc) is 2.21. The molecule has 1 aromatic carbocycles. The maximum absolute atomic E-state index is 8.67. The summed E-state index contributed by atoms with van der Waals surface area (Å²) in [5.74, 6) is 5.59. The van der Waals surface area contributed by atoms with Crippen molar-refractivity contribution in [3.05, 3.63) is 34.9 Å². The van der Waals surface area contributed by atoms with E-state index in [4.69, 9.17) is 10.5 Å². The van der Waals surface area contributed by atoms with Crippen LogP contribution in [0.25, 0.3) is 0 Å². The molecule has 14 heavy (non-hydrogen) atoms. The van der Waals surface area contributed by atoms with Crippen molar-refractivity contribution in [2.24, 2.45) is 0 Å². The molecule has 0 aliphatic carbocycles. The van der Waals surface area contributed by atoms with Gasteiger partial charge in [-0.25, -0.2) is 0 Å². The first-order valence-electron chi connectivity index (χ1n) is 4.14. The Balaban J connectivity index is 3.05. The summed E-state index contributed by atoms with van der Waals surface area (Å²) in [5, 5.41) is 17.0. The normalized spacial score (nSPS) is 7.93. The predicted molar refractivity (Wildman–Crippen MR) is 53.0 cm³/mol. The fourth-order valence-corrected chi connectivity index (χ4v) is 1.01. The van der Waals surface area contributed by atoms with Gasteiger partial charge in [0.1, 0.15) is 0 Å². The molecule has 2 heteroatoms. The van der Waals surface area contributed by atoms with Crippen molar-refractivity contribution in [2.75, 3.05) is 0 Å². The lowest BCUT2D eigenvalue weighted by molar-refractivity contribution is 1.38. The quantitative estimate of drug-likeness (QED) is 0.574. The van der Waals surface area contributed by atoms with Crippen LogP contribution in [-0.2, 0) is 0 Å². The molecule has 0 unspecified atom stereocenters. The van der Waals surface area contributed by atoms with Crippen molar-refractivity contribution in [1.29, 1.82) is 10.5 Å². The van der Waals surface area contributed by atoms with Crippen LogP contribution in [0.2, 0.25) is 0 Å². The molecular formula is C12H8N2. The SMILES string of the molecule is Cc1ccc(C#N)cc1C#CCC#N. The van der Waals surface area contributed by atoms with Crippen molar-refractivity contribution in [2.45, 2.75) is 13.3 Å². The van der Waals surface area contributed by atoms with Crippen molar-refractivity contribution in [1.82, 2.24) is 0 Å². The number of nitriles is 2. The second kappa shape index (κ2) is 4.70. The average molecular weight is 180 g/mol. The van der Waals surface area contributed by atoms with Crippen molar-refractivity contribution in [3.63, 3.8) is 0 Å². The highest BCUT2D eigenvalue weighted by atomic mass is 14.2. The second-order valence-corrected chi connectivity index (χ2v) is 2.78. The third kappa shape index (κ3) is 2.37. The zero-order valence-corrected chi connectivity index (χ0v) is 7.83. The number of rotatable bonds is 0. The van der Waals surface area contributed by atoms with Crippen molar-refractivity contribution in [3.8, 4) is 24.0 Å². The fourth-order valence-electron chi connectivity index (χ4n) is 1.01. The van der Waals surface area contributed by atoms with Crippen LogP contribution in [0.4, 0.5) is 0 Å². The summed E-state index contributed by atoms with van der Waals surface area (Å²) in [6.07, 6.45) is 0.218. The Labute approximate surface area is 83.4 Å². The van der Waals surface area contributed by atoms with E-state index in [9.17, 15) is 0 Å². The lowest BCUT2D eigenvalue weighted by Gasteiger charge is -1.96. The molecule has 0 aliphatic heterocycles. The van der Waals surface area contributed by atoms with Gasteiger partial charge in [0.2, 0.25) is 0 Å². The van der Waals surface area contributed by atoms with Crippen molar-refractivity contribution < 1.29 is 0 Å². The van der Waals surface area contributed by atoms with E-state index in [1.54, 1.807) is 12.1 Å². The summed E-state index contributed by atoms with van der Waals surface area (Å²) in [6, 6.07) is 9.35. The van der Waals surface area contributed by atoms with Gasteiger partial charge in [0, 0.05) is 5.56 Å². The van der Waals surface area contributed by atoms with Gasteiger partial charge in [0.15, 0.2) is 0 Å². The molecule has 0 radical (unpaired) electrons. The molecular weight excluding hydrogens is 172 g/mol. The van der Waals surface area contributed by atoms with Gasteiger partial charge in [-0.3, -0.25) is 0 Å². The highest BCUT2D eigenvalue weighted by Crippen LogP contribution is 2.08. The molecule has 0 saturated carbocycles. The zero-order valence-electron chi connectivity index (χ0n) is 7.83. The van der Waals surface area contributed by atoms with Crippen LogP contribution in [0.1, 0.15) is 23.1 Å². The molecule has 0 aromatic heterocycles. The highest BCUT2D eigenvalue weighted by Gasteiger charge is 1.96. The topological polar surface area (TPSA) is 47.6 Å². The Kier molecular flexibility index (Phi) is 3.31. The van der Waals surface area contributed by atoms with Crippen LogP contribution in [0.5, 0.6) is 0 Å². The first-order valence-corrected chi connectivity index (χ1v) is 4.14. The number of aryl methyl sites for hydroxylation is 1. The number of hydrogen-bond donors (Lipinski definition) is 0. The van der Waals surface area contributed by atoms with Gasteiger partial charge in [-0.05, 0) is 24.6 Å².